The lowest BCUT2D eigenvalue weighted by atomic mass is 10.00. The maximum atomic E-state index is 12.9. The van der Waals surface area contributed by atoms with Crippen LogP contribution in [0, 0.1) is 26.7 Å². The Bertz CT molecular complexity index is 908. The van der Waals surface area contributed by atoms with Gasteiger partial charge in [-0.2, -0.15) is 4.72 Å². The molecular weight excluding hydrogens is 362 g/mol. The van der Waals surface area contributed by atoms with E-state index in [0.717, 1.165) is 17.5 Å². The second kappa shape index (κ2) is 8.23. The van der Waals surface area contributed by atoms with Crippen LogP contribution in [0.1, 0.15) is 47.7 Å². The zero-order valence-corrected chi connectivity index (χ0v) is 17.2. The van der Waals surface area contributed by atoms with Crippen LogP contribution in [0.2, 0.25) is 0 Å². The number of benzene rings is 2. The van der Waals surface area contributed by atoms with Gasteiger partial charge in [0.2, 0.25) is 10.0 Å². The van der Waals surface area contributed by atoms with Crippen LogP contribution in [0.3, 0.4) is 0 Å². The number of sulfonamides is 1. The number of nitrogens with one attached hydrogen (secondary N) is 1. The average Bonchev–Trinajstić information content (AvgIpc) is 2.51. The molecule has 2 aromatic rings. The van der Waals surface area contributed by atoms with Crippen molar-refractivity contribution in [2.45, 2.75) is 52.0 Å². The highest BCUT2D eigenvalue weighted by atomic mass is 32.2. The van der Waals surface area contributed by atoms with Crippen molar-refractivity contribution in [3.8, 4) is 0 Å². The van der Waals surface area contributed by atoms with E-state index < -0.39 is 22.0 Å². The molecule has 0 unspecified atom stereocenters. The largest absolute Gasteiger partial charge is 0.480 e. The SMILES string of the molecule is Cc1cc(C)c(S(=O)(=O)N[C@H](C(=O)O)c2ccc(CC(C)C)cc2)c(C)c1. The van der Waals surface area contributed by atoms with Crippen molar-refractivity contribution in [3.63, 3.8) is 0 Å². The minimum absolute atomic E-state index is 0.135. The number of carboxylic acids is 1. The van der Waals surface area contributed by atoms with E-state index in [9.17, 15) is 18.3 Å². The summed E-state index contributed by atoms with van der Waals surface area (Å²) in [6.07, 6.45) is 0.880. The van der Waals surface area contributed by atoms with E-state index in [1.807, 2.05) is 19.1 Å². The third kappa shape index (κ3) is 5.17. The smallest absolute Gasteiger partial charge is 0.326 e. The Morgan fingerprint density at radius 3 is 2.00 bits per heavy atom. The zero-order valence-electron chi connectivity index (χ0n) is 16.4. The fraction of sp³-hybridized carbons (Fsp3) is 0.381. The van der Waals surface area contributed by atoms with Gasteiger partial charge in [-0.05, 0) is 55.4 Å². The number of aliphatic carboxylic acids is 1. The molecule has 0 spiro atoms. The zero-order chi connectivity index (χ0) is 20.4. The van der Waals surface area contributed by atoms with Gasteiger partial charge in [0, 0.05) is 0 Å². The van der Waals surface area contributed by atoms with Crippen LogP contribution < -0.4 is 4.72 Å². The van der Waals surface area contributed by atoms with Crippen molar-refractivity contribution in [1.82, 2.24) is 4.72 Å². The van der Waals surface area contributed by atoms with Gasteiger partial charge in [-0.15, -0.1) is 0 Å². The second-order valence-corrected chi connectivity index (χ2v) is 9.11. The number of carbonyl (C=O) groups is 1. The quantitative estimate of drug-likeness (QED) is 0.752. The fourth-order valence-electron chi connectivity index (χ4n) is 3.38. The molecule has 0 radical (unpaired) electrons. The van der Waals surface area contributed by atoms with E-state index in [2.05, 4.69) is 18.6 Å². The summed E-state index contributed by atoms with van der Waals surface area (Å²) in [4.78, 5) is 11.9. The molecule has 5 nitrogen and oxygen atoms in total. The molecule has 0 aliphatic heterocycles. The Hall–Kier alpha value is -2.18. The maximum Gasteiger partial charge on any atom is 0.326 e. The monoisotopic (exact) mass is 389 g/mol. The van der Waals surface area contributed by atoms with Crippen molar-refractivity contribution in [2.75, 3.05) is 0 Å². The predicted octanol–water partition coefficient (Wildman–Crippen LogP) is 3.91. The summed E-state index contributed by atoms with van der Waals surface area (Å²) >= 11 is 0. The van der Waals surface area contributed by atoms with E-state index in [1.165, 1.54) is 0 Å². The summed E-state index contributed by atoms with van der Waals surface area (Å²) in [6.45, 7) is 9.53. The van der Waals surface area contributed by atoms with Gasteiger partial charge in [-0.3, -0.25) is 4.79 Å². The first-order valence-electron chi connectivity index (χ1n) is 8.93. The van der Waals surface area contributed by atoms with Crippen molar-refractivity contribution < 1.29 is 18.3 Å². The third-order valence-electron chi connectivity index (χ3n) is 4.35. The molecule has 146 valence electrons. The molecular formula is C21H27NO4S. The first-order chi connectivity index (χ1) is 12.5. The molecule has 0 fully saturated rings. The lowest BCUT2D eigenvalue weighted by Gasteiger charge is -2.18. The predicted molar refractivity (Wildman–Crippen MR) is 106 cm³/mol. The van der Waals surface area contributed by atoms with Crippen molar-refractivity contribution in [2.24, 2.45) is 5.92 Å². The molecule has 0 saturated heterocycles. The van der Waals surface area contributed by atoms with Gasteiger partial charge in [-0.1, -0.05) is 55.8 Å². The summed E-state index contributed by atoms with van der Waals surface area (Å²) in [6, 6.07) is 9.25. The summed E-state index contributed by atoms with van der Waals surface area (Å²) in [5.74, 6) is -0.755. The Labute approximate surface area is 161 Å². The lowest BCUT2D eigenvalue weighted by Crippen LogP contribution is -2.34. The molecule has 0 saturated carbocycles. The minimum atomic E-state index is -3.99. The number of carboxylic acid groups (broad SMARTS) is 1. The molecule has 0 heterocycles. The average molecular weight is 390 g/mol. The van der Waals surface area contributed by atoms with Gasteiger partial charge < -0.3 is 5.11 Å². The summed E-state index contributed by atoms with van der Waals surface area (Å²) in [5.41, 5.74) is 3.64. The van der Waals surface area contributed by atoms with E-state index in [0.29, 0.717) is 22.6 Å². The van der Waals surface area contributed by atoms with Crippen LogP contribution in [-0.2, 0) is 21.2 Å². The lowest BCUT2D eigenvalue weighted by molar-refractivity contribution is -0.139. The number of rotatable bonds is 7. The maximum absolute atomic E-state index is 12.9. The Morgan fingerprint density at radius 2 is 1.56 bits per heavy atom. The van der Waals surface area contributed by atoms with Crippen molar-refractivity contribution in [1.29, 1.82) is 0 Å². The molecule has 0 aliphatic rings. The van der Waals surface area contributed by atoms with Gasteiger partial charge in [0.1, 0.15) is 6.04 Å². The molecule has 2 N–H and O–H groups in total. The molecule has 6 heteroatoms. The first kappa shape index (κ1) is 21.1. The molecule has 0 aromatic heterocycles. The number of hydrogen-bond acceptors (Lipinski definition) is 3. The Kier molecular flexibility index (Phi) is 6.44. The van der Waals surface area contributed by atoms with E-state index in [4.69, 9.17) is 0 Å². The van der Waals surface area contributed by atoms with Gasteiger partial charge in [0.25, 0.3) is 0 Å². The Balaban J connectivity index is 2.37. The molecule has 0 aliphatic carbocycles. The highest BCUT2D eigenvalue weighted by molar-refractivity contribution is 7.89. The van der Waals surface area contributed by atoms with Gasteiger partial charge in [0.15, 0.2) is 0 Å². The van der Waals surface area contributed by atoms with Crippen LogP contribution in [0.15, 0.2) is 41.3 Å². The number of aryl methyl sites for hydroxylation is 3. The molecule has 0 amide bonds. The van der Waals surface area contributed by atoms with Crippen LogP contribution in [0.25, 0.3) is 0 Å². The van der Waals surface area contributed by atoms with Crippen molar-refractivity contribution >= 4 is 16.0 Å². The van der Waals surface area contributed by atoms with Gasteiger partial charge in [0.05, 0.1) is 4.90 Å². The van der Waals surface area contributed by atoms with E-state index in [1.54, 1.807) is 38.1 Å². The first-order valence-corrected chi connectivity index (χ1v) is 10.4. The molecule has 27 heavy (non-hydrogen) atoms. The summed E-state index contributed by atoms with van der Waals surface area (Å²) < 4.78 is 28.2. The normalized spacial score (nSPS) is 13.0. The van der Waals surface area contributed by atoms with Gasteiger partial charge >= 0.3 is 5.97 Å². The number of hydrogen-bond donors (Lipinski definition) is 2. The fourth-order valence-corrected chi connectivity index (χ4v) is 5.01. The summed E-state index contributed by atoms with van der Waals surface area (Å²) in [5, 5.41) is 9.61. The molecule has 0 bridgehead atoms. The third-order valence-corrected chi connectivity index (χ3v) is 6.08. The van der Waals surface area contributed by atoms with Crippen LogP contribution in [0.5, 0.6) is 0 Å². The minimum Gasteiger partial charge on any atom is -0.480 e. The molecule has 2 rings (SSSR count). The van der Waals surface area contributed by atoms with Crippen molar-refractivity contribution in [3.05, 3.63) is 64.2 Å². The van der Waals surface area contributed by atoms with Crippen LogP contribution in [0.4, 0.5) is 0 Å². The van der Waals surface area contributed by atoms with E-state index in [-0.39, 0.29) is 4.90 Å². The van der Waals surface area contributed by atoms with Crippen LogP contribution >= 0.6 is 0 Å². The Morgan fingerprint density at radius 1 is 1.04 bits per heavy atom. The highest BCUT2D eigenvalue weighted by Crippen LogP contribution is 2.25. The van der Waals surface area contributed by atoms with Crippen LogP contribution in [-0.4, -0.2) is 19.5 Å². The highest BCUT2D eigenvalue weighted by Gasteiger charge is 2.29. The standard InChI is InChI=1S/C21H27NO4S/c1-13(2)10-17-6-8-18(9-7-17)19(21(23)24)22-27(25,26)20-15(4)11-14(3)12-16(20)5/h6-9,11-13,19,22H,10H2,1-5H3,(H,23,24)/t19-/m0/s1. The van der Waals surface area contributed by atoms with E-state index >= 15 is 0 Å². The van der Waals surface area contributed by atoms with Gasteiger partial charge in [-0.25, -0.2) is 8.42 Å². The molecule has 1 atom stereocenters. The summed E-state index contributed by atoms with van der Waals surface area (Å²) in [7, 11) is -3.99. The topological polar surface area (TPSA) is 83.5 Å². The molecule has 2 aromatic carbocycles. The second-order valence-electron chi connectivity index (χ2n) is 7.46.